The van der Waals surface area contributed by atoms with Crippen molar-refractivity contribution in [1.82, 2.24) is 0 Å². The fourth-order valence-electron chi connectivity index (χ4n) is 2.51. The summed E-state index contributed by atoms with van der Waals surface area (Å²) in [5, 5.41) is 3.02. The Balaban J connectivity index is 2.20. The Morgan fingerprint density at radius 1 is 0.810 bits per heavy atom. The average Bonchev–Trinajstić information content (AvgIpc) is 2.53. The number of rotatable bonds is 3. The monoisotopic (exact) mass is 298 g/mol. The second-order valence-electron chi connectivity index (χ2n) is 4.74. The molecule has 0 unspecified atom stereocenters. The van der Waals surface area contributed by atoms with Gasteiger partial charge in [0, 0.05) is 5.02 Å². The first-order chi connectivity index (χ1) is 10.2. The minimum absolute atomic E-state index is 0.723. The first-order valence-corrected chi connectivity index (χ1v) is 7.01. The molecule has 0 atom stereocenters. The minimum Gasteiger partial charge on any atom is -0.493 e. The van der Waals surface area contributed by atoms with E-state index in [0.717, 1.165) is 38.4 Å². The van der Waals surface area contributed by atoms with Crippen molar-refractivity contribution in [2.75, 3.05) is 14.2 Å². The van der Waals surface area contributed by atoms with Gasteiger partial charge >= 0.3 is 0 Å². The first-order valence-electron chi connectivity index (χ1n) is 6.63. The third-order valence-electron chi connectivity index (χ3n) is 3.54. The zero-order chi connectivity index (χ0) is 14.8. The van der Waals surface area contributed by atoms with E-state index in [2.05, 4.69) is 12.1 Å². The Morgan fingerprint density at radius 2 is 1.62 bits per heavy atom. The summed E-state index contributed by atoms with van der Waals surface area (Å²) in [5.74, 6) is 1.45. The van der Waals surface area contributed by atoms with E-state index < -0.39 is 0 Å². The van der Waals surface area contributed by atoms with Gasteiger partial charge in [0.15, 0.2) is 11.5 Å². The summed E-state index contributed by atoms with van der Waals surface area (Å²) < 4.78 is 10.7. The van der Waals surface area contributed by atoms with Gasteiger partial charge in [-0.1, -0.05) is 41.9 Å². The van der Waals surface area contributed by atoms with E-state index in [9.17, 15) is 0 Å². The van der Waals surface area contributed by atoms with Crippen LogP contribution in [0.2, 0.25) is 5.02 Å². The van der Waals surface area contributed by atoms with Gasteiger partial charge in [0.25, 0.3) is 0 Å². The third kappa shape index (κ3) is 2.55. The van der Waals surface area contributed by atoms with Crippen molar-refractivity contribution in [3.8, 4) is 22.6 Å². The largest absolute Gasteiger partial charge is 0.493 e. The van der Waals surface area contributed by atoms with Crippen LogP contribution in [0.25, 0.3) is 21.9 Å². The summed E-state index contributed by atoms with van der Waals surface area (Å²) in [4.78, 5) is 0. The van der Waals surface area contributed by atoms with Gasteiger partial charge in [-0.15, -0.1) is 0 Å². The van der Waals surface area contributed by atoms with Crippen molar-refractivity contribution >= 4 is 22.4 Å². The molecule has 0 saturated heterocycles. The van der Waals surface area contributed by atoms with Crippen molar-refractivity contribution in [3.05, 3.63) is 59.6 Å². The molecule has 0 aromatic heterocycles. The molecule has 0 radical (unpaired) electrons. The van der Waals surface area contributed by atoms with Crippen molar-refractivity contribution in [2.45, 2.75) is 0 Å². The average molecular weight is 299 g/mol. The van der Waals surface area contributed by atoms with E-state index >= 15 is 0 Å². The summed E-state index contributed by atoms with van der Waals surface area (Å²) in [5.41, 5.74) is 2.23. The lowest BCUT2D eigenvalue weighted by atomic mass is 9.98. The Labute approximate surface area is 128 Å². The molecule has 2 nitrogen and oxygen atoms in total. The second kappa shape index (κ2) is 5.66. The van der Waals surface area contributed by atoms with Crippen LogP contribution in [0, 0.1) is 0 Å². The molecule has 0 spiro atoms. The summed E-state index contributed by atoms with van der Waals surface area (Å²) >= 11 is 6.07. The summed E-state index contributed by atoms with van der Waals surface area (Å²) in [7, 11) is 3.28. The lowest BCUT2D eigenvalue weighted by Gasteiger charge is -2.11. The maximum absolute atomic E-state index is 6.07. The van der Waals surface area contributed by atoms with Crippen LogP contribution in [-0.4, -0.2) is 14.2 Å². The number of hydrogen-bond donors (Lipinski definition) is 0. The van der Waals surface area contributed by atoms with Gasteiger partial charge in [0.05, 0.1) is 14.2 Å². The number of methoxy groups -OCH3 is 2. The molecule has 0 amide bonds. The topological polar surface area (TPSA) is 18.5 Å². The predicted molar refractivity (Wildman–Crippen MR) is 87.5 cm³/mol. The molecule has 0 aliphatic rings. The Morgan fingerprint density at radius 3 is 2.38 bits per heavy atom. The van der Waals surface area contributed by atoms with Crippen molar-refractivity contribution in [3.63, 3.8) is 0 Å². The van der Waals surface area contributed by atoms with E-state index in [1.165, 1.54) is 0 Å². The standard InChI is InChI=1S/C18H15ClO2/c1-20-17-9-6-13(11-18(17)21-2)15-5-3-4-12-10-14(19)7-8-16(12)15/h3-11H,1-2H3. The van der Waals surface area contributed by atoms with Crippen LogP contribution in [0.5, 0.6) is 11.5 Å². The quantitative estimate of drug-likeness (QED) is 0.663. The molecular formula is C18H15ClO2. The molecule has 3 aromatic rings. The predicted octanol–water partition coefficient (Wildman–Crippen LogP) is 5.18. The molecule has 0 aliphatic heterocycles. The lowest BCUT2D eigenvalue weighted by Crippen LogP contribution is -1.91. The van der Waals surface area contributed by atoms with Gasteiger partial charge in [-0.2, -0.15) is 0 Å². The molecule has 106 valence electrons. The molecular weight excluding hydrogens is 284 g/mol. The number of hydrogen-bond acceptors (Lipinski definition) is 2. The van der Waals surface area contributed by atoms with Crippen LogP contribution in [0.1, 0.15) is 0 Å². The maximum atomic E-state index is 6.07. The van der Waals surface area contributed by atoms with E-state index in [1.54, 1.807) is 14.2 Å². The molecule has 0 fully saturated rings. The van der Waals surface area contributed by atoms with Crippen LogP contribution in [-0.2, 0) is 0 Å². The highest BCUT2D eigenvalue weighted by Crippen LogP contribution is 2.35. The van der Waals surface area contributed by atoms with Crippen molar-refractivity contribution in [2.24, 2.45) is 0 Å². The Hall–Kier alpha value is -2.19. The fourth-order valence-corrected chi connectivity index (χ4v) is 2.69. The minimum atomic E-state index is 0.723. The van der Waals surface area contributed by atoms with E-state index in [1.807, 2.05) is 42.5 Å². The number of benzene rings is 3. The number of halogens is 1. The third-order valence-corrected chi connectivity index (χ3v) is 3.77. The number of ether oxygens (including phenoxy) is 2. The van der Waals surface area contributed by atoms with Crippen LogP contribution in [0.4, 0.5) is 0 Å². The highest BCUT2D eigenvalue weighted by Gasteiger charge is 2.08. The first kappa shape index (κ1) is 13.8. The van der Waals surface area contributed by atoms with Crippen LogP contribution >= 0.6 is 11.6 Å². The van der Waals surface area contributed by atoms with E-state index in [0.29, 0.717) is 0 Å². The van der Waals surface area contributed by atoms with Crippen molar-refractivity contribution in [1.29, 1.82) is 0 Å². The van der Waals surface area contributed by atoms with Gasteiger partial charge in [-0.3, -0.25) is 0 Å². The van der Waals surface area contributed by atoms with Gasteiger partial charge in [0.2, 0.25) is 0 Å². The zero-order valence-electron chi connectivity index (χ0n) is 11.9. The second-order valence-corrected chi connectivity index (χ2v) is 5.18. The summed E-state index contributed by atoms with van der Waals surface area (Å²) in [6.07, 6.45) is 0. The van der Waals surface area contributed by atoms with E-state index in [4.69, 9.17) is 21.1 Å². The van der Waals surface area contributed by atoms with Crippen molar-refractivity contribution < 1.29 is 9.47 Å². The van der Waals surface area contributed by atoms with Crippen LogP contribution in [0.3, 0.4) is 0 Å². The fraction of sp³-hybridized carbons (Fsp3) is 0.111. The molecule has 0 aliphatic carbocycles. The smallest absolute Gasteiger partial charge is 0.161 e. The molecule has 3 heteroatoms. The molecule has 0 heterocycles. The SMILES string of the molecule is COc1ccc(-c2cccc3cc(Cl)ccc23)cc1OC. The van der Waals surface area contributed by atoms with E-state index in [-0.39, 0.29) is 0 Å². The Bertz CT molecular complexity index is 796. The van der Waals surface area contributed by atoms with Crippen LogP contribution in [0.15, 0.2) is 54.6 Å². The summed E-state index contributed by atoms with van der Waals surface area (Å²) in [6.45, 7) is 0. The molecule has 0 N–H and O–H groups in total. The normalized spacial score (nSPS) is 10.6. The van der Waals surface area contributed by atoms with Gasteiger partial charge in [-0.05, 0) is 46.2 Å². The van der Waals surface area contributed by atoms with Crippen LogP contribution < -0.4 is 9.47 Å². The van der Waals surface area contributed by atoms with Gasteiger partial charge in [-0.25, -0.2) is 0 Å². The molecule has 0 saturated carbocycles. The zero-order valence-corrected chi connectivity index (χ0v) is 12.6. The number of fused-ring (bicyclic) bond motifs is 1. The highest BCUT2D eigenvalue weighted by molar-refractivity contribution is 6.31. The maximum Gasteiger partial charge on any atom is 0.161 e. The van der Waals surface area contributed by atoms with Gasteiger partial charge < -0.3 is 9.47 Å². The highest BCUT2D eigenvalue weighted by atomic mass is 35.5. The molecule has 3 rings (SSSR count). The molecule has 21 heavy (non-hydrogen) atoms. The lowest BCUT2D eigenvalue weighted by molar-refractivity contribution is 0.355. The molecule has 0 bridgehead atoms. The Kier molecular flexibility index (Phi) is 3.72. The molecule has 3 aromatic carbocycles. The van der Waals surface area contributed by atoms with Gasteiger partial charge in [0.1, 0.15) is 0 Å². The summed E-state index contributed by atoms with van der Waals surface area (Å²) in [6, 6.07) is 18.1.